The average Bonchev–Trinajstić information content (AvgIpc) is 3.18. The summed E-state index contributed by atoms with van der Waals surface area (Å²) in [6.07, 6.45) is 2.14. The maximum absolute atomic E-state index is 12.2. The van der Waals surface area contributed by atoms with E-state index in [0.29, 0.717) is 23.1 Å². The van der Waals surface area contributed by atoms with Crippen LogP contribution in [0.1, 0.15) is 11.1 Å². The number of nitrogens with one attached hydrogen (secondary N) is 1. The van der Waals surface area contributed by atoms with Gasteiger partial charge in [-0.05, 0) is 48.7 Å². The van der Waals surface area contributed by atoms with Crippen molar-refractivity contribution in [3.05, 3.63) is 64.9 Å². The van der Waals surface area contributed by atoms with Crippen molar-refractivity contribution in [1.82, 2.24) is 20.1 Å². The van der Waals surface area contributed by atoms with Crippen molar-refractivity contribution < 1.29 is 18.3 Å². The van der Waals surface area contributed by atoms with Gasteiger partial charge in [0.15, 0.2) is 5.16 Å². The third kappa shape index (κ3) is 6.17. The van der Waals surface area contributed by atoms with Gasteiger partial charge in [0, 0.05) is 11.6 Å². The van der Waals surface area contributed by atoms with E-state index in [1.165, 1.54) is 23.9 Å². The van der Waals surface area contributed by atoms with E-state index >= 15 is 0 Å². The van der Waals surface area contributed by atoms with Crippen LogP contribution in [0, 0.1) is 6.92 Å². The van der Waals surface area contributed by atoms with Gasteiger partial charge in [-0.3, -0.25) is 9.36 Å². The Morgan fingerprint density at radius 3 is 2.73 bits per heavy atom. The van der Waals surface area contributed by atoms with Gasteiger partial charge in [0.25, 0.3) is 0 Å². The number of aromatic nitrogens is 3. The molecule has 6 nitrogen and oxygen atoms in total. The number of hydrogen-bond donors (Lipinski definition) is 1. The van der Waals surface area contributed by atoms with Gasteiger partial charge in [0.05, 0.1) is 11.4 Å². The van der Waals surface area contributed by atoms with Crippen LogP contribution < -0.4 is 10.1 Å². The van der Waals surface area contributed by atoms with Crippen molar-refractivity contribution in [3.63, 3.8) is 0 Å². The summed E-state index contributed by atoms with van der Waals surface area (Å²) in [6.45, 7) is -0.500. The molecule has 0 atom stereocenters. The van der Waals surface area contributed by atoms with E-state index in [9.17, 15) is 13.6 Å². The molecule has 0 saturated carbocycles. The Labute approximate surface area is 181 Å². The molecule has 1 heterocycles. The molecular formula is C20H19ClF2N4O2S. The monoisotopic (exact) mass is 452 g/mol. The van der Waals surface area contributed by atoms with Crippen molar-refractivity contribution in [3.8, 4) is 11.4 Å². The van der Waals surface area contributed by atoms with Gasteiger partial charge in [-0.15, -0.1) is 10.2 Å². The number of alkyl halides is 2. The van der Waals surface area contributed by atoms with Crippen molar-refractivity contribution in [1.29, 1.82) is 0 Å². The molecule has 0 aliphatic rings. The largest absolute Gasteiger partial charge is 0.435 e. The highest BCUT2D eigenvalue weighted by Gasteiger charge is 2.11. The Morgan fingerprint density at radius 1 is 1.27 bits per heavy atom. The molecule has 0 saturated heterocycles. The molecule has 0 aliphatic heterocycles. The van der Waals surface area contributed by atoms with Crippen LogP contribution in [0.15, 0.2) is 53.9 Å². The number of benzene rings is 2. The molecule has 158 valence electrons. The predicted octanol–water partition coefficient (Wildman–Crippen LogP) is 4.28. The van der Waals surface area contributed by atoms with E-state index in [2.05, 4.69) is 20.3 Å². The highest BCUT2D eigenvalue weighted by Crippen LogP contribution is 2.23. The third-order valence-corrected chi connectivity index (χ3v) is 5.52. The lowest BCUT2D eigenvalue weighted by molar-refractivity contribution is -0.118. The summed E-state index contributed by atoms with van der Waals surface area (Å²) in [4.78, 5) is 12.1. The Hall–Kier alpha value is -2.65. The summed E-state index contributed by atoms with van der Waals surface area (Å²) >= 11 is 7.45. The van der Waals surface area contributed by atoms with Gasteiger partial charge < -0.3 is 10.1 Å². The minimum Gasteiger partial charge on any atom is -0.435 e. The Balaban J connectivity index is 1.46. The highest BCUT2D eigenvalue weighted by atomic mass is 35.5. The smallest absolute Gasteiger partial charge is 0.387 e. The van der Waals surface area contributed by atoms with Gasteiger partial charge >= 0.3 is 6.61 Å². The van der Waals surface area contributed by atoms with Crippen molar-refractivity contribution in [2.24, 2.45) is 0 Å². The molecule has 3 rings (SSSR count). The standard InChI is InChI=1S/C20H19ClF2N4O2S/c1-13-2-5-15(10-17(13)21)27-12-25-26-20(27)30-11-18(28)24-9-8-14-3-6-16(7-4-14)29-19(22)23/h2-7,10,12,19H,8-9,11H2,1H3,(H,24,28). The fourth-order valence-corrected chi connectivity index (χ4v) is 3.53. The molecule has 1 aromatic heterocycles. The lowest BCUT2D eigenvalue weighted by atomic mass is 10.1. The van der Waals surface area contributed by atoms with Crippen LogP contribution in [0.3, 0.4) is 0 Å². The summed E-state index contributed by atoms with van der Waals surface area (Å²) in [5, 5.41) is 12.0. The number of hydrogen-bond acceptors (Lipinski definition) is 5. The van der Waals surface area contributed by atoms with Gasteiger partial charge in [0.2, 0.25) is 5.91 Å². The van der Waals surface area contributed by atoms with Crippen molar-refractivity contribution >= 4 is 29.3 Å². The van der Waals surface area contributed by atoms with Crippen LogP contribution in [0.25, 0.3) is 5.69 Å². The van der Waals surface area contributed by atoms with Gasteiger partial charge in [-0.2, -0.15) is 8.78 Å². The van der Waals surface area contributed by atoms with Crippen LogP contribution in [0.2, 0.25) is 5.02 Å². The quantitative estimate of drug-likeness (QED) is 0.491. The molecule has 1 amide bonds. The first-order valence-corrected chi connectivity index (χ1v) is 10.4. The maximum Gasteiger partial charge on any atom is 0.387 e. The second kappa shape index (κ2) is 10.4. The number of ether oxygens (including phenoxy) is 1. The molecule has 0 fully saturated rings. The topological polar surface area (TPSA) is 69.0 Å². The number of thioether (sulfide) groups is 1. The fraction of sp³-hybridized carbons (Fsp3) is 0.250. The third-order valence-electron chi connectivity index (χ3n) is 4.17. The van der Waals surface area contributed by atoms with Crippen LogP contribution in [0.5, 0.6) is 5.75 Å². The Morgan fingerprint density at radius 2 is 2.03 bits per heavy atom. The molecule has 0 aliphatic carbocycles. The average molecular weight is 453 g/mol. The van der Waals surface area contributed by atoms with Crippen LogP contribution in [0.4, 0.5) is 8.78 Å². The summed E-state index contributed by atoms with van der Waals surface area (Å²) in [7, 11) is 0. The Kier molecular flexibility index (Phi) is 7.64. The Bertz CT molecular complexity index is 999. The number of halogens is 3. The van der Waals surface area contributed by atoms with Crippen molar-refractivity contribution in [2.75, 3.05) is 12.3 Å². The minimum atomic E-state index is -2.85. The maximum atomic E-state index is 12.2. The molecule has 0 bridgehead atoms. The molecule has 10 heteroatoms. The first-order valence-electron chi connectivity index (χ1n) is 9.02. The lowest BCUT2D eigenvalue weighted by Gasteiger charge is -2.09. The molecule has 0 unspecified atom stereocenters. The number of carbonyl (C=O) groups excluding carboxylic acids is 1. The fourth-order valence-electron chi connectivity index (χ4n) is 2.60. The molecule has 2 aromatic carbocycles. The normalized spacial score (nSPS) is 11.0. The van der Waals surface area contributed by atoms with E-state index in [1.54, 1.807) is 23.0 Å². The first-order chi connectivity index (χ1) is 14.4. The minimum absolute atomic E-state index is 0.105. The van der Waals surface area contributed by atoms with Gasteiger partial charge in [0.1, 0.15) is 12.1 Å². The first kappa shape index (κ1) is 22.0. The highest BCUT2D eigenvalue weighted by molar-refractivity contribution is 7.99. The van der Waals surface area contributed by atoms with E-state index in [0.717, 1.165) is 16.8 Å². The summed E-state index contributed by atoms with van der Waals surface area (Å²) < 4.78 is 30.4. The molecular weight excluding hydrogens is 434 g/mol. The molecule has 3 aromatic rings. The number of amides is 1. The summed E-state index contributed by atoms with van der Waals surface area (Å²) in [6, 6.07) is 12.0. The molecule has 1 N–H and O–H groups in total. The van der Waals surface area contributed by atoms with Crippen LogP contribution in [-0.4, -0.2) is 39.6 Å². The number of aryl methyl sites for hydroxylation is 1. The predicted molar refractivity (Wildman–Crippen MR) is 112 cm³/mol. The second-order valence-corrected chi connectivity index (χ2v) is 7.68. The molecule has 30 heavy (non-hydrogen) atoms. The zero-order valence-corrected chi connectivity index (χ0v) is 17.6. The number of rotatable bonds is 9. The zero-order chi connectivity index (χ0) is 21.5. The molecule has 0 spiro atoms. The second-order valence-electron chi connectivity index (χ2n) is 6.33. The van der Waals surface area contributed by atoms with Gasteiger partial charge in [-0.1, -0.05) is 41.6 Å². The zero-order valence-electron chi connectivity index (χ0n) is 16.0. The van der Waals surface area contributed by atoms with Crippen LogP contribution >= 0.6 is 23.4 Å². The lowest BCUT2D eigenvalue weighted by Crippen LogP contribution is -2.27. The summed E-state index contributed by atoms with van der Waals surface area (Å²) in [5.74, 6) is 0.140. The van der Waals surface area contributed by atoms with E-state index in [-0.39, 0.29) is 17.4 Å². The number of nitrogens with zero attached hydrogens (tertiary/aromatic N) is 3. The van der Waals surface area contributed by atoms with E-state index < -0.39 is 6.61 Å². The molecule has 0 radical (unpaired) electrons. The van der Waals surface area contributed by atoms with Crippen molar-refractivity contribution in [2.45, 2.75) is 25.1 Å². The number of carbonyl (C=O) groups is 1. The van der Waals surface area contributed by atoms with E-state index in [1.807, 2.05) is 25.1 Å². The van der Waals surface area contributed by atoms with Gasteiger partial charge in [-0.25, -0.2) is 0 Å². The SMILES string of the molecule is Cc1ccc(-n2cnnc2SCC(=O)NCCc2ccc(OC(F)F)cc2)cc1Cl. The summed E-state index contributed by atoms with van der Waals surface area (Å²) in [5.41, 5.74) is 2.69. The van der Waals surface area contributed by atoms with Crippen LogP contribution in [-0.2, 0) is 11.2 Å². The van der Waals surface area contributed by atoms with E-state index in [4.69, 9.17) is 11.6 Å².